The number of carboxylic acid groups (broad SMARTS) is 1. The smallest absolute Gasteiger partial charge is 0.407 e. The highest BCUT2D eigenvalue weighted by Gasteiger charge is 2.28. The molecule has 3 aromatic rings. The number of likely N-dealkylation sites (tertiary alicyclic amines) is 1. The van der Waals surface area contributed by atoms with Crippen molar-refractivity contribution in [1.82, 2.24) is 24.6 Å². The summed E-state index contributed by atoms with van der Waals surface area (Å²) in [5.74, 6) is -0.354. The zero-order chi connectivity index (χ0) is 23.4. The first-order chi connectivity index (χ1) is 15.9. The summed E-state index contributed by atoms with van der Waals surface area (Å²) >= 11 is 0. The van der Waals surface area contributed by atoms with E-state index in [0.29, 0.717) is 32.4 Å². The Labute approximate surface area is 191 Å². The van der Waals surface area contributed by atoms with Gasteiger partial charge in [-0.1, -0.05) is 12.1 Å². The van der Waals surface area contributed by atoms with Crippen molar-refractivity contribution in [2.24, 2.45) is 0 Å². The van der Waals surface area contributed by atoms with Crippen LogP contribution >= 0.6 is 0 Å². The van der Waals surface area contributed by atoms with E-state index in [1.807, 2.05) is 18.2 Å². The summed E-state index contributed by atoms with van der Waals surface area (Å²) in [6.45, 7) is 1.10. The molecule has 2 aromatic heterocycles. The molecule has 1 aliphatic heterocycles. The minimum Gasteiger partial charge on any atom is -0.465 e. The molecule has 0 saturated carbocycles. The van der Waals surface area contributed by atoms with Crippen LogP contribution in [-0.4, -0.2) is 67.9 Å². The molecule has 9 heteroatoms. The molecule has 172 valence electrons. The molecule has 1 aromatic carbocycles. The molecule has 0 aliphatic carbocycles. The van der Waals surface area contributed by atoms with Gasteiger partial charge in [-0.15, -0.1) is 0 Å². The third-order valence-electron chi connectivity index (χ3n) is 6.09. The van der Waals surface area contributed by atoms with E-state index in [1.165, 1.54) is 17.0 Å². The molecule has 1 saturated heterocycles. The summed E-state index contributed by atoms with van der Waals surface area (Å²) < 4.78 is 15.0. The van der Waals surface area contributed by atoms with Crippen LogP contribution in [0.15, 0.2) is 54.9 Å². The number of carbonyl (C=O) groups excluding carboxylic acids is 1. The highest BCUT2D eigenvalue weighted by atomic mass is 19.1. The van der Waals surface area contributed by atoms with E-state index in [-0.39, 0.29) is 24.3 Å². The first kappa shape index (κ1) is 22.4. The number of piperidine rings is 1. The van der Waals surface area contributed by atoms with E-state index in [0.717, 1.165) is 22.5 Å². The van der Waals surface area contributed by atoms with Crippen LogP contribution in [0.5, 0.6) is 0 Å². The van der Waals surface area contributed by atoms with Crippen LogP contribution in [0.2, 0.25) is 0 Å². The lowest BCUT2D eigenvalue weighted by Gasteiger charge is -2.35. The minimum atomic E-state index is -0.953. The average Bonchev–Trinajstić information content (AvgIpc) is 3.22. The third-order valence-corrected chi connectivity index (χ3v) is 6.09. The van der Waals surface area contributed by atoms with E-state index >= 15 is 0 Å². The molecule has 1 aliphatic rings. The maximum atomic E-state index is 13.3. The van der Waals surface area contributed by atoms with Crippen LogP contribution in [0.3, 0.4) is 0 Å². The fourth-order valence-corrected chi connectivity index (χ4v) is 4.10. The van der Waals surface area contributed by atoms with Crippen LogP contribution in [0.25, 0.3) is 11.3 Å². The molecule has 0 radical (unpaired) electrons. The second-order valence-electron chi connectivity index (χ2n) is 8.22. The predicted molar refractivity (Wildman–Crippen MR) is 120 cm³/mol. The molecule has 0 atom stereocenters. The fraction of sp³-hybridized carbons (Fsp3) is 0.333. The Morgan fingerprint density at radius 2 is 1.79 bits per heavy atom. The van der Waals surface area contributed by atoms with Gasteiger partial charge >= 0.3 is 6.09 Å². The number of amides is 2. The Morgan fingerprint density at radius 1 is 1.12 bits per heavy atom. The van der Waals surface area contributed by atoms with Gasteiger partial charge in [-0.3, -0.25) is 14.5 Å². The quantitative estimate of drug-likeness (QED) is 0.621. The normalized spacial score (nSPS) is 14.3. The molecular weight excluding hydrogens is 425 g/mol. The van der Waals surface area contributed by atoms with Gasteiger partial charge in [0.1, 0.15) is 12.4 Å². The number of halogens is 1. The van der Waals surface area contributed by atoms with E-state index in [1.54, 1.807) is 41.2 Å². The van der Waals surface area contributed by atoms with Crippen molar-refractivity contribution < 1.29 is 19.1 Å². The van der Waals surface area contributed by atoms with Crippen LogP contribution < -0.4 is 0 Å². The number of aromatic nitrogens is 3. The molecule has 0 spiro atoms. The highest BCUT2D eigenvalue weighted by molar-refractivity contribution is 5.76. The molecule has 1 N–H and O–H groups in total. The molecular formula is C24H26FN5O3. The van der Waals surface area contributed by atoms with Gasteiger partial charge < -0.3 is 14.9 Å². The second kappa shape index (κ2) is 9.81. The van der Waals surface area contributed by atoms with Crippen molar-refractivity contribution in [3.8, 4) is 11.3 Å². The Morgan fingerprint density at radius 3 is 2.42 bits per heavy atom. The van der Waals surface area contributed by atoms with Gasteiger partial charge in [0.15, 0.2) is 0 Å². The first-order valence-corrected chi connectivity index (χ1v) is 10.9. The standard InChI is InChI=1S/C24H26FN5O3/c1-28(24(32)33)20-8-12-29(13-9-20)23(31)16-30-21(14-17-2-4-19(25)5-3-17)15-22(27-30)18-6-10-26-11-7-18/h2-7,10-11,15,20H,8-9,12-14,16H2,1H3,(H,32,33). The monoisotopic (exact) mass is 451 g/mol. The molecule has 33 heavy (non-hydrogen) atoms. The Bertz CT molecular complexity index is 1110. The van der Waals surface area contributed by atoms with Crippen LogP contribution in [0.1, 0.15) is 24.1 Å². The van der Waals surface area contributed by atoms with Gasteiger partial charge in [-0.05, 0) is 48.7 Å². The van der Waals surface area contributed by atoms with Crippen LogP contribution in [-0.2, 0) is 17.8 Å². The number of hydrogen-bond donors (Lipinski definition) is 1. The van der Waals surface area contributed by atoms with E-state index in [9.17, 15) is 19.1 Å². The first-order valence-electron chi connectivity index (χ1n) is 10.9. The minimum absolute atomic E-state index is 0.0591. The fourth-order valence-electron chi connectivity index (χ4n) is 4.10. The zero-order valence-electron chi connectivity index (χ0n) is 18.4. The summed E-state index contributed by atoms with van der Waals surface area (Å²) in [6, 6.07) is 11.9. The lowest BCUT2D eigenvalue weighted by atomic mass is 10.0. The largest absolute Gasteiger partial charge is 0.465 e. The molecule has 4 rings (SSSR count). The van der Waals surface area contributed by atoms with Crippen molar-refractivity contribution in [2.45, 2.75) is 31.8 Å². The van der Waals surface area contributed by atoms with Crippen LogP contribution in [0.4, 0.5) is 9.18 Å². The molecule has 2 amide bonds. The molecule has 8 nitrogen and oxygen atoms in total. The van der Waals surface area contributed by atoms with Gasteiger partial charge in [0.2, 0.25) is 5.91 Å². The van der Waals surface area contributed by atoms with Gasteiger partial charge in [0.05, 0.1) is 5.69 Å². The molecule has 0 unspecified atom stereocenters. The zero-order valence-corrected chi connectivity index (χ0v) is 18.4. The molecule has 0 bridgehead atoms. The van der Waals surface area contributed by atoms with Gasteiger partial charge in [-0.25, -0.2) is 9.18 Å². The molecule has 3 heterocycles. The number of rotatable bonds is 6. The third kappa shape index (κ3) is 5.36. The Balaban J connectivity index is 1.51. The SMILES string of the molecule is CN(C(=O)O)C1CCN(C(=O)Cn2nc(-c3ccncc3)cc2Cc2ccc(F)cc2)CC1. The number of pyridine rings is 1. The summed E-state index contributed by atoms with van der Waals surface area (Å²) in [5.41, 5.74) is 3.41. The van der Waals surface area contributed by atoms with E-state index < -0.39 is 6.09 Å². The Kier molecular flexibility index (Phi) is 6.67. The van der Waals surface area contributed by atoms with Crippen molar-refractivity contribution in [2.75, 3.05) is 20.1 Å². The van der Waals surface area contributed by atoms with Crippen molar-refractivity contribution in [3.63, 3.8) is 0 Å². The lowest BCUT2D eigenvalue weighted by Crippen LogP contribution is -2.47. The van der Waals surface area contributed by atoms with Gasteiger partial charge in [-0.2, -0.15) is 5.10 Å². The predicted octanol–water partition coefficient (Wildman–Crippen LogP) is 3.28. The summed E-state index contributed by atoms with van der Waals surface area (Å²) in [4.78, 5) is 31.4. The summed E-state index contributed by atoms with van der Waals surface area (Å²) in [7, 11) is 1.57. The number of benzene rings is 1. The van der Waals surface area contributed by atoms with Gasteiger partial charge in [0.25, 0.3) is 0 Å². The summed E-state index contributed by atoms with van der Waals surface area (Å²) in [5, 5.41) is 13.9. The topological polar surface area (TPSA) is 91.6 Å². The lowest BCUT2D eigenvalue weighted by molar-refractivity contribution is -0.133. The maximum absolute atomic E-state index is 13.3. The van der Waals surface area contributed by atoms with Crippen molar-refractivity contribution >= 4 is 12.0 Å². The van der Waals surface area contributed by atoms with E-state index in [4.69, 9.17) is 0 Å². The second-order valence-corrected chi connectivity index (χ2v) is 8.22. The van der Waals surface area contributed by atoms with Crippen LogP contribution in [0, 0.1) is 5.82 Å². The number of carbonyl (C=O) groups is 2. The maximum Gasteiger partial charge on any atom is 0.407 e. The van der Waals surface area contributed by atoms with Gasteiger partial charge in [0, 0.05) is 56.3 Å². The highest BCUT2D eigenvalue weighted by Crippen LogP contribution is 2.22. The molecule has 1 fully saturated rings. The average molecular weight is 452 g/mol. The Hall–Kier alpha value is -3.75. The van der Waals surface area contributed by atoms with Crippen molar-refractivity contribution in [3.05, 3.63) is 71.9 Å². The summed E-state index contributed by atoms with van der Waals surface area (Å²) in [6.07, 6.45) is 4.16. The number of hydrogen-bond acceptors (Lipinski definition) is 4. The van der Waals surface area contributed by atoms with Crippen molar-refractivity contribution in [1.29, 1.82) is 0 Å². The number of nitrogens with zero attached hydrogens (tertiary/aromatic N) is 5. The van der Waals surface area contributed by atoms with E-state index in [2.05, 4.69) is 10.1 Å².